The van der Waals surface area contributed by atoms with Gasteiger partial charge in [0.15, 0.2) is 0 Å². The van der Waals surface area contributed by atoms with E-state index in [2.05, 4.69) is 5.32 Å². The number of halogens is 1. The van der Waals surface area contributed by atoms with E-state index in [9.17, 15) is 9.59 Å². The lowest BCUT2D eigenvalue weighted by atomic mass is 9.94. The maximum atomic E-state index is 11.1. The summed E-state index contributed by atoms with van der Waals surface area (Å²) < 4.78 is 0. The van der Waals surface area contributed by atoms with Crippen LogP contribution in [0.5, 0.6) is 0 Å². The Morgan fingerprint density at radius 1 is 1.50 bits per heavy atom. The van der Waals surface area contributed by atoms with Crippen molar-refractivity contribution in [2.45, 2.75) is 32.6 Å². The van der Waals surface area contributed by atoms with Gasteiger partial charge in [0.1, 0.15) is 0 Å². The Kier molecular flexibility index (Phi) is 4.90. The third kappa shape index (κ3) is 2.81. The normalized spacial score (nSPS) is 22.9. The molecule has 4 heteroatoms. The van der Waals surface area contributed by atoms with Crippen LogP contribution in [0.25, 0.3) is 0 Å². The van der Waals surface area contributed by atoms with E-state index in [0.29, 0.717) is 6.42 Å². The van der Waals surface area contributed by atoms with Gasteiger partial charge in [-0.3, -0.25) is 14.9 Å². The molecule has 0 spiro atoms. The van der Waals surface area contributed by atoms with Crippen molar-refractivity contribution < 1.29 is 9.59 Å². The summed E-state index contributed by atoms with van der Waals surface area (Å²) in [5, 5.41) is 2.34. The molecule has 0 bridgehead atoms. The summed E-state index contributed by atoms with van der Waals surface area (Å²) in [5.41, 5.74) is 0. The predicted molar refractivity (Wildman–Crippen MR) is 48.0 cm³/mol. The summed E-state index contributed by atoms with van der Waals surface area (Å²) in [7, 11) is 0. The molecule has 1 fully saturated rings. The third-order valence-electron chi connectivity index (χ3n) is 1.99. The van der Waals surface area contributed by atoms with E-state index in [4.69, 9.17) is 0 Å². The first-order chi connectivity index (χ1) is 5.24. The molecule has 1 aliphatic rings. The predicted octanol–water partition coefficient (Wildman–Crippen LogP) is 1.26. The van der Waals surface area contributed by atoms with Gasteiger partial charge in [-0.25, -0.2) is 0 Å². The molecule has 1 heterocycles. The van der Waals surface area contributed by atoms with Crippen molar-refractivity contribution >= 4 is 24.2 Å². The Labute approximate surface area is 78.3 Å². The summed E-state index contributed by atoms with van der Waals surface area (Å²) in [5.74, 6) is -0.122. The molecule has 0 radical (unpaired) electrons. The Morgan fingerprint density at radius 2 is 2.17 bits per heavy atom. The largest absolute Gasteiger partial charge is 0.296 e. The number of hydrogen-bond acceptors (Lipinski definition) is 2. The molecule has 1 atom stereocenters. The third-order valence-corrected chi connectivity index (χ3v) is 1.99. The average molecular weight is 192 g/mol. The van der Waals surface area contributed by atoms with Crippen molar-refractivity contribution in [2.24, 2.45) is 5.92 Å². The van der Waals surface area contributed by atoms with Gasteiger partial charge in [-0.15, -0.1) is 12.4 Å². The number of imide groups is 1. The van der Waals surface area contributed by atoms with Gasteiger partial charge in [-0.05, 0) is 12.8 Å². The second-order valence-electron chi connectivity index (χ2n) is 2.94. The fraction of sp³-hybridized carbons (Fsp3) is 0.750. The number of nitrogens with one attached hydrogen (secondary N) is 1. The number of amides is 2. The van der Waals surface area contributed by atoms with Crippen molar-refractivity contribution in [1.82, 2.24) is 5.32 Å². The van der Waals surface area contributed by atoms with Gasteiger partial charge in [-0.2, -0.15) is 0 Å². The Bertz CT molecular complexity index is 182. The van der Waals surface area contributed by atoms with Crippen molar-refractivity contribution in [1.29, 1.82) is 0 Å². The lowest BCUT2D eigenvalue weighted by Gasteiger charge is -2.19. The van der Waals surface area contributed by atoms with Crippen molar-refractivity contribution in [3.8, 4) is 0 Å². The molecule has 2 amide bonds. The number of carbonyl (C=O) groups excluding carboxylic acids is 2. The van der Waals surface area contributed by atoms with Crippen molar-refractivity contribution in [3.63, 3.8) is 0 Å². The van der Waals surface area contributed by atoms with Gasteiger partial charge in [-0.1, -0.05) is 13.3 Å². The van der Waals surface area contributed by atoms with Crippen LogP contribution < -0.4 is 5.32 Å². The Balaban J connectivity index is 0.00000121. The van der Waals surface area contributed by atoms with Crippen LogP contribution in [-0.2, 0) is 9.59 Å². The molecular formula is C8H14ClNO2. The van der Waals surface area contributed by atoms with Crippen LogP contribution in [0.15, 0.2) is 0 Å². The standard InChI is InChI=1S/C8H13NO2.ClH/c1-2-3-6-4-5-7(10)9-8(6)11;/h6H,2-5H2,1H3,(H,9,10,11);1H. The van der Waals surface area contributed by atoms with E-state index in [1.165, 1.54) is 0 Å². The molecule has 12 heavy (non-hydrogen) atoms. The lowest BCUT2D eigenvalue weighted by molar-refractivity contribution is -0.136. The van der Waals surface area contributed by atoms with E-state index >= 15 is 0 Å². The number of rotatable bonds is 2. The van der Waals surface area contributed by atoms with Crippen LogP contribution in [0.1, 0.15) is 32.6 Å². The molecule has 0 aliphatic carbocycles. The molecule has 0 saturated carbocycles. The molecule has 1 N–H and O–H groups in total. The van der Waals surface area contributed by atoms with E-state index in [1.54, 1.807) is 0 Å². The van der Waals surface area contributed by atoms with Gasteiger partial charge in [0.05, 0.1) is 0 Å². The zero-order valence-electron chi connectivity index (χ0n) is 7.13. The van der Waals surface area contributed by atoms with Crippen LogP contribution in [0.4, 0.5) is 0 Å². The second-order valence-corrected chi connectivity index (χ2v) is 2.94. The lowest BCUT2D eigenvalue weighted by Crippen LogP contribution is -2.40. The molecule has 1 saturated heterocycles. The second kappa shape index (κ2) is 5.14. The smallest absolute Gasteiger partial charge is 0.229 e. The average Bonchev–Trinajstić information content (AvgIpc) is 1.95. The van der Waals surface area contributed by atoms with E-state index in [-0.39, 0.29) is 30.1 Å². The molecule has 1 unspecified atom stereocenters. The highest BCUT2D eigenvalue weighted by molar-refractivity contribution is 5.98. The first-order valence-electron chi connectivity index (χ1n) is 4.07. The zero-order valence-corrected chi connectivity index (χ0v) is 7.95. The summed E-state index contributed by atoms with van der Waals surface area (Å²) in [6.07, 6.45) is 3.15. The van der Waals surface area contributed by atoms with Crippen LogP contribution >= 0.6 is 12.4 Å². The minimum Gasteiger partial charge on any atom is -0.296 e. The topological polar surface area (TPSA) is 46.2 Å². The van der Waals surface area contributed by atoms with Crippen molar-refractivity contribution in [2.75, 3.05) is 0 Å². The Morgan fingerprint density at radius 3 is 2.67 bits per heavy atom. The molecule has 0 aromatic rings. The number of carbonyl (C=O) groups is 2. The molecule has 0 aromatic carbocycles. The van der Waals surface area contributed by atoms with Gasteiger partial charge < -0.3 is 0 Å². The highest BCUT2D eigenvalue weighted by atomic mass is 35.5. The van der Waals surface area contributed by atoms with Crippen LogP contribution in [0.3, 0.4) is 0 Å². The molecule has 1 aliphatic heterocycles. The SMILES string of the molecule is CCCC1CCC(=O)NC1=O.Cl. The maximum Gasteiger partial charge on any atom is 0.229 e. The summed E-state index contributed by atoms with van der Waals surface area (Å²) in [4.78, 5) is 21.8. The molecular weight excluding hydrogens is 178 g/mol. The summed E-state index contributed by atoms with van der Waals surface area (Å²) in [6.45, 7) is 2.05. The fourth-order valence-corrected chi connectivity index (χ4v) is 1.36. The number of hydrogen-bond donors (Lipinski definition) is 1. The van der Waals surface area contributed by atoms with Crippen LogP contribution in [0.2, 0.25) is 0 Å². The van der Waals surface area contributed by atoms with Crippen molar-refractivity contribution in [3.05, 3.63) is 0 Å². The molecule has 3 nitrogen and oxygen atoms in total. The van der Waals surface area contributed by atoms with E-state index < -0.39 is 0 Å². The van der Waals surface area contributed by atoms with Gasteiger partial charge in [0, 0.05) is 12.3 Å². The minimum absolute atomic E-state index is 0. The highest BCUT2D eigenvalue weighted by Crippen LogP contribution is 2.16. The minimum atomic E-state index is -0.123. The fourth-order valence-electron chi connectivity index (χ4n) is 1.36. The monoisotopic (exact) mass is 191 g/mol. The molecule has 0 aromatic heterocycles. The number of piperidine rings is 1. The van der Waals surface area contributed by atoms with Gasteiger partial charge >= 0.3 is 0 Å². The van der Waals surface area contributed by atoms with Crippen LogP contribution in [0, 0.1) is 5.92 Å². The highest BCUT2D eigenvalue weighted by Gasteiger charge is 2.24. The van der Waals surface area contributed by atoms with Gasteiger partial charge in [0.25, 0.3) is 0 Å². The van der Waals surface area contributed by atoms with Gasteiger partial charge in [0.2, 0.25) is 11.8 Å². The first kappa shape index (κ1) is 11.4. The van der Waals surface area contributed by atoms with E-state index in [0.717, 1.165) is 19.3 Å². The first-order valence-corrected chi connectivity index (χ1v) is 4.07. The maximum absolute atomic E-state index is 11.1. The Hall–Kier alpha value is -0.570. The summed E-state index contributed by atoms with van der Waals surface area (Å²) in [6, 6.07) is 0. The van der Waals surface area contributed by atoms with E-state index in [1.807, 2.05) is 6.92 Å². The zero-order chi connectivity index (χ0) is 8.27. The summed E-state index contributed by atoms with van der Waals surface area (Å²) >= 11 is 0. The molecule has 1 rings (SSSR count). The molecule has 70 valence electrons. The quantitative estimate of drug-likeness (QED) is 0.668. The van der Waals surface area contributed by atoms with Crippen LogP contribution in [-0.4, -0.2) is 11.8 Å².